The number of fused-ring (bicyclic) bond motifs is 1. The van der Waals surface area contributed by atoms with Gasteiger partial charge in [0.05, 0.1) is 37.1 Å². The van der Waals surface area contributed by atoms with Crippen molar-refractivity contribution < 1.29 is 28.6 Å². The number of rotatable bonds is 5. The molecule has 3 amide bonds. The summed E-state index contributed by atoms with van der Waals surface area (Å²) in [5.41, 5.74) is 1.11. The van der Waals surface area contributed by atoms with Gasteiger partial charge in [-0.1, -0.05) is 12.1 Å². The zero-order valence-electron chi connectivity index (χ0n) is 15.9. The van der Waals surface area contributed by atoms with E-state index in [4.69, 9.17) is 14.2 Å². The molecule has 8 nitrogen and oxygen atoms in total. The molecule has 29 heavy (non-hydrogen) atoms. The molecule has 8 heteroatoms. The summed E-state index contributed by atoms with van der Waals surface area (Å²) in [4.78, 5) is 40.4. The van der Waals surface area contributed by atoms with Crippen molar-refractivity contribution in [3.63, 3.8) is 0 Å². The number of benzene rings is 2. The number of carbonyl (C=O) groups excluding carboxylic acids is 3. The van der Waals surface area contributed by atoms with E-state index in [0.29, 0.717) is 54.6 Å². The van der Waals surface area contributed by atoms with Crippen molar-refractivity contribution in [1.82, 2.24) is 4.90 Å². The van der Waals surface area contributed by atoms with Crippen LogP contribution in [0.1, 0.15) is 20.7 Å². The van der Waals surface area contributed by atoms with Gasteiger partial charge in [-0.25, -0.2) is 4.90 Å². The van der Waals surface area contributed by atoms with Crippen LogP contribution in [0.5, 0.6) is 11.5 Å². The Labute approximate surface area is 167 Å². The average molecular weight is 396 g/mol. The van der Waals surface area contributed by atoms with Gasteiger partial charge in [0.2, 0.25) is 0 Å². The van der Waals surface area contributed by atoms with Crippen molar-refractivity contribution in [2.75, 3.05) is 44.9 Å². The van der Waals surface area contributed by atoms with E-state index in [1.807, 2.05) is 0 Å². The predicted molar refractivity (Wildman–Crippen MR) is 103 cm³/mol. The number of amides is 3. The second-order valence-electron chi connectivity index (χ2n) is 6.61. The minimum absolute atomic E-state index is 0.136. The molecular formula is C21H20N2O6. The number of hydrogen-bond acceptors (Lipinski definition) is 6. The molecule has 0 spiro atoms. The molecule has 150 valence electrons. The Morgan fingerprint density at radius 2 is 1.66 bits per heavy atom. The van der Waals surface area contributed by atoms with Crippen LogP contribution in [0.15, 0.2) is 42.5 Å². The summed E-state index contributed by atoms with van der Waals surface area (Å²) >= 11 is 0. The number of nitrogens with zero attached hydrogens (tertiary/aromatic N) is 2. The first-order chi connectivity index (χ1) is 14.1. The SMILES string of the molecule is COc1cc(N2C(=O)c3ccccc3C2=O)ccc1OCC(=O)N1CCOCC1. The largest absolute Gasteiger partial charge is 0.493 e. The normalized spacial score (nSPS) is 16.0. The van der Waals surface area contributed by atoms with Crippen molar-refractivity contribution in [3.8, 4) is 11.5 Å². The fraction of sp³-hybridized carbons (Fsp3) is 0.286. The number of hydrogen-bond donors (Lipinski definition) is 0. The number of imide groups is 1. The summed E-state index contributed by atoms with van der Waals surface area (Å²) in [6.45, 7) is 1.98. The minimum Gasteiger partial charge on any atom is -0.493 e. The molecule has 4 rings (SSSR count). The summed E-state index contributed by atoms with van der Waals surface area (Å²) in [6, 6.07) is 11.4. The van der Waals surface area contributed by atoms with Crippen molar-refractivity contribution in [3.05, 3.63) is 53.6 Å². The van der Waals surface area contributed by atoms with E-state index in [2.05, 4.69) is 0 Å². The number of carbonyl (C=O) groups is 3. The molecule has 0 bridgehead atoms. The summed E-state index contributed by atoms with van der Waals surface area (Å²) in [5.74, 6) is -0.226. The van der Waals surface area contributed by atoms with Gasteiger partial charge in [-0.3, -0.25) is 14.4 Å². The molecule has 0 aromatic heterocycles. The van der Waals surface area contributed by atoms with Crippen molar-refractivity contribution in [1.29, 1.82) is 0 Å². The fourth-order valence-electron chi connectivity index (χ4n) is 3.38. The number of methoxy groups -OCH3 is 1. The maximum atomic E-state index is 12.7. The van der Waals surface area contributed by atoms with Crippen LogP contribution in [0.3, 0.4) is 0 Å². The average Bonchev–Trinajstić information content (AvgIpc) is 3.03. The van der Waals surface area contributed by atoms with Gasteiger partial charge >= 0.3 is 0 Å². The standard InChI is InChI=1S/C21H20N2O6/c1-27-18-12-14(23-20(25)15-4-2-3-5-16(15)21(23)26)6-7-17(18)29-13-19(24)22-8-10-28-11-9-22/h2-7,12H,8-11,13H2,1H3. The Kier molecular flexibility index (Phi) is 5.18. The van der Waals surface area contributed by atoms with Gasteiger partial charge in [0.15, 0.2) is 18.1 Å². The first-order valence-corrected chi connectivity index (χ1v) is 9.24. The van der Waals surface area contributed by atoms with Crippen LogP contribution in [0.2, 0.25) is 0 Å². The van der Waals surface area contributed by atoms with Crippen LogP contribution >= 0.6 is 0 Å². The van der Waals surface area contributed by atoms with E-state index in [9.17, 15) is 14.4 Å². The van der Waals surface area contributed by atoms with Gasteiger partial charge in [-0.15, -0.1) is 0 Å². The third-order valence-corrected chi connectivity index (χ3v) is 4.91. The highest BCUT2D eigenvalue weighted by Crippen LogP contribution is 2.35. The third kappa shape index (κ3) is 3.54. The van der Waals surface area contributed by atoms with Crippen molar-refractivity contribution in [2.45, 2.75) is 0 Å². The molecule has 0 atom stereocenters. The van der Waals surface area contributed by atoms with Crippen molar-refractivity contribution in [2.24, 2.45) is 0 Å². The summed E-state index contributed by atoms with van der Waals surface area (Å²) in [6.07, 6.45) is 0. The monoisotopic (exact) mass is 396 g/mol. The highest BCUT2D eigenvalue weighted by Gasteiger charge is 2.36. The Morgan fingerprint density at radius 1 is 1.00 bits per heavy atom. The first-order valence-electron chi connectivity index (χ1n) is 9.24. The molecule has 1 saturated heterocycles. The topological polar surface area (TPSA) is 85.4 Å². The second kappa shape index (κ2) is 7.92. The molecule has 1 fully saturated rings. The second-order valence-corrected chi connectivity index (χ2v) is 6.61. The van der Waals surface area contributed by atoms with Crippen LogP contribution in [-0.2, 0) is 9.53 Å². The molecule has 0 aliphatic carbocycles. The third-order valence-electron chi connectivity index (χ3n) is 4.91. The number of morpholine rings is 1. The number of ether oxygens (including phenoxy) is 3. The lowest BCUT2D eigenvalue weighted by molar-refractivity contribution is -0.137. The van der Waals surface area contributed by atoms with Crippen LogP contribution in [0, 0.1) is 0 Å². The van der Waals surface area contributed by atoms with Crippen LogP contribution in [-0.4, -0.2) is 62.6 Å². The molecule has 0 unspecified atom stereocenters. The summed E-state index contributed by atoms with van der Waals surface area (Å²) < 4.78 is 16.2. The van der Waals surface area contributed by atoms with Gasteiger partial charge in [-0.2, -0.15) is 0 Å². The zero-order chi connectivity index (χ0) is 20.4. The Morgan fingerprint density at radius 3 is 2.28 bits per heavy atom. The maximum Gasteiger partial charge on any atom is 0.266 e. The van der Waals surface area contributed by atoms with Crippen molar-refractivity contribution >= 4 is 23.4 Å². The summed E-state index contributed by atoms with van der Waals surface area (Å²) in [7, 11) is 1.46. The highest BCUT2D eigenvalue weighted by atomic mass is 16.5. The lowest BCUT2D eigenvalue weighted by Gasteiger charge is -2.26. The molecule has 0 saturated carbocycles. The molecule has 2 heterocycles. The minimum atomic E-state index is -0.385. The molecule has 0 radical (unpaired) electrons. The zero-order valence-corrected chi connectivity index (χ0v) is 15.9. The molecule has 0 N–H and O–H groups in total. The number of anilines is 1. The molecule has 2 aromatic carbocycles. The van der Waals surface area contributed by atoms with Gasteiger partial charge < -0.3 is 19.1 Å². The predicted octanol–water partition coefficient (Wildman–Crippen LogP) is 1.73. The molecule has 2 aliphatic rings. The molecule has 2 aliphatic heterocycles. The van der Waals surface area contributed by atoms with Gasteiger partial charge in [0.25, 0.3) is 17.7 Å². The smallest absolute Gasteiger partial charge is 0.266 e. The first kappa shape index (κ1) is 18.9. The van der Waals surface area contributed by atoms with E-state index in [-0.39, 0.29) is 24.3 Å². The molecular weight excluding hydrogens is 376 g/mol. The van der Waals surface area contributed by atoms with Gasteiger partial charge in [-0.05, 0) is 24.3 Å². The van der Waals surface area contributed by atoms with E-state index in [1.165, 1.54) is 7.11 Å². The molecule has 2 aromatic rings. The van der Waals surface area contributed by atoms with Gasteiger partial charge in [0, 0.05) is 19.2 Å². The van der Waals surface area contributed by atoms with Gasteiger partial charge in [0.1, 0.15) is 0 Å². The van der Waals surface area contributed by atoms with Crippen LogP contribution in [0.4, 0.5) is 5.69 Å². The summed E-state index contributed by atoms with van der Waals surface area (Å²) in [5, 5.41) is 0. The Hall–Kier alpha value is -3.39. The fourth-order valence-corrected chi connectivity index (χ4v) is 3.38. The van der Waals surface area contributed by atoms with E-state index < -0.39 is 0 Å². The maximum absolute atomic E-state index is 12.7. The lowest BCUT2D eigenvalue weighted by atomic mass is 10.1. The van der Waals surface area contributed by atoms with Crippen LogP contribution in [0.25, 0.3) is 0 Å². The van der Waals surface area contributed by atoms with E-state index in [0.717, 1.165) is 4.90 Å². The Bertz CT molecular complexity index is 932. The highest BCUT2D eigenvalue weighted by molar-refractivity contribution is 6.34. The Balaban J connectivity index is 1.51. The quantitative estimate of drug-likeness (QED) is 0.716. The lowest BCUT2D eigenvalue weighted by Crippen LogP contribution is -2.43. The van der Waals surface area contributed by atoms with Crippen LogP contribution < -0.4 is 14.4 Å². The van der Waals surface area contributed by atoms with E-state index >= 15 is 0 Å². The van der Waals surface area contributed by atoms with E-state index in [1.54, 1.807) is 47.4 Å².